The van der Waals surface area contributed by atoms with Crippen molar-refractivity contribution in [1.29, 1.82) is 0 Å². The number of ketones is 2. The topological polar surface area (TPSA) is 87.0 Å². The maximum Gasteiger partial charge on any atom is 2.00 e. The standard InChI is InChI=1S/C15H26NO3.C3H8N.C2H6.W/c1-12(2)14(18)8-6-4-5-7-11-16-15(19)10-9-13(3)17;1-3(2)4;1-2;/h9,12H,4-8,10-11H2,1-3H3,(H,16,19);3-4H,1-2H3;1-2H3;/q2*-1;;+2. The molecule has 0 spiro atoms. The molecule has 0 bridgehead atoms. The molecule has 6 heteroatoms. The van der Waals surface area contributed by atoms with Crippen LogP contribution in [0, 0.1) is 12.3 Å². The number of unbranched alkanes of at least 4 members (excludes halogenated alkanes) is 3. The molecule has 0 aromatic heterocycles. The van der Waals surface area contributed by atoms with E-state index in [1.165, 1.54) is 13.3 Å². The number of Topliss-reactive ketones (excluding diaryl/α,β-unsaturated/α-hetero) is 2. The Hall–Kier alpha value is -0.672. The van der Waals surface area contributed by atoms with Gasteiger partial charge in [0.05, 0.1) is 0 Å². The van der Waals surface area contributed by atoms with Gasteiger partial charge in [0.2, 0.25) is 0 Å². The monoisotopic (exact) mass is 540 g/mol. The number of carbonyl (C=O) groups excluding carboxylic acids is 3. The second-order valence-corrected chi connectivity index (χ2v) is 6.31. The molecule has 26 heavy (non-hydrogen) atoms. The van der Waals surface area contributed by atoms with Gasteiger partial charge in [-0.05, 0) is 25.5 Å². The quantitative estimate of drug-likeness (QED) is 0.298. The van der Waals surface area contributed by atoms with Crippen LogP contribution in [0.1, 0.15) is 87.0 Å². The van der Waals surface area contributed by atoms with Crippen LogP contribution in [-0.2, 0) is 35.4 Å². The summed E-state index contributed by atoms with van der Waals surface area (Å²) in [5.41, 5.74) is 6.58. The molecule has 5 nitrogen and oxygen atoms in total. The summed E-state index contributed by atoms with van der Waals surface area (Å²) < 4.78 is 0. The van der Waals surface area contributed by atoms with Crippen LogP contribution in [-0.4, -0.2) is 30.1 Å². The van der Waals surface area contributed by atoms with Gasteiger partial charge in [-0.15, -0.1) is 6.04 Å². The van der Waals surface area contributed by atoms with E-state index in [2.05, 4.69) is 5.32 Å². The Bertz CT molecular complexity index is 343. The average molecular weight is 540 g/mol. The Morgan fingerprint density at radius 2 is 1.42 bits per heavy atom. The van der Waals surface area contributed by atoms with Crippen molar-refractivity contribution in [3.05, 3.63) is 12.2 Å². The van der Waals surface area contributed by atoms with Crippen molar-refractivity contribution in [2.24, 2.45) is 5.92 Å². The summed E-state index contributed by atoms with van der Waals surface area (Å²) in [6, 6.07) is 0.0833. The van der Waals surface area contributed by atoms with Crippen molar-refractivity contribution < 1.29 is 35.4 Å². The summed E-state index contributed by atoms with van der Waals surface area (Å²) in [5, 5.41) is 2.77. The van der Waals surface area contributed by atoms with Crippen LogP contribution in [0.5, 0.6) is 0 Å². The fraction of sp³-hybridized carbons (Fsp3) is 0.800. The van der Waals surface area contributed by atoms with Gasteiger partial charge in [-0.1, -0.05) is 60.8 Å². The van der Waals surface area contributed by atoms with Crippen LogP contribution in [0.4, 0.5) is 0 Å². The van der Waals surface area contributed by atoms with Crippen LogP contribution in [0.15, 0.2) is 0 Å². The molecule has 0 saturated carbocycles. The fourth-order valence-corrected chi connectivity index (χ4v) is 1.60. The van der Waals surface area contributed by atoms with E-state index in [1.807, 2.05) is 41.5 Å². The molecule has 0 aromatic rings. The molecule has 154 valence electrons. The van der Waals surface area contributed by atoms with E-state index in [0.29, 0.717) is 18.7 Å². The van der Waals surface area contributed by atoms with Crippen molar-refractivity contribution in [3.8, 4) is 0 Å². The van der Waals surface area contributed by atoms with Gasteiger partial charge < -0.3 is 22.3 Å². The number of amides is 1. The third-order valence-electron chi connectivity index (χ3n) is 2.89. The van der Waals surface area contributed by atoms with E-state index in [9.17, 15) is 14.4 Å². The smallest absolute Gasteiger partial charge is 0.675 e. The van der Waals surface area contributed by atoms with Crippen LogP contribution < -0.4 is 5.32 Å². The molecule has 0 heterocycles. The van der Waals surface area contributed by atoms with Crippen LogP contribution >= 0.6 is 0 Å². The molecule has 0 unspecified atom stereocenters. The Kier molecular flexibility index (Phi) is 30.8. The molecule has 0 fully saturated rings. The van der Waals surface area contributed by atoms with E-state index in [1.54, 1.807) is 0 Å². The largest absolute Gasteiger partial charge is 2.00 e. The zero-order chi connectivity index (χ0) is 20.3. The maximum atomic E-state index is 11.4. The van der Waals surface area contributed by atoms with Crippen molar-refractivity contribution in [2.45, 2.75) is 93.0 Å². The Balaban J connectivity index is -0.000000302. The number of carbonyl (C=O) groups is 3. The predicted octanol–water partition coefficient (Wildman–Crippen LogP) is 4.93. The summed E-state index contributed by atoms with van der Waals surface area (Å²) in [4.78, 5) is 33.3. The molecule has 0 radical (unpaired) electrons. The molecule has 0 saturated heterocycles. The van der Waals surface area contributed by atoms with Crippen LogP contribution in [0.3, 0.4) is 0 Å². The predicted molar refractivity (Wildman–Crippen MR) is 106 cm³/mol. The summed E-state index contributed by atoms with van der Waals surface area (Å²) >= 11 is 0. The van der Waals surface area contributed by atoms with E-state index in [0.717, 1.165) is 25.7 Å². The third-order valence-corrected chi connectivity index (χ3v) is 2.89. The fourth-order valence-electron chi connectivity index (χ4n) is 1.60. The molecule has 0 rings (SSSR count). The van der Waals surface area contributed by atoms with Gasteiger partial charge in [0.15, 0.2) is 5.91 Å². The summed E-state index contributed by atoms with van der Waals surface area (Å²) in [6.45, 7) is 13.6. The minimum absolute atomic E-state index is 0. The Labute approximate surface area is 175 Å². The van der Waals surface area contributed by atoms with E-state index in [4.69, 9.17) is 5.73 Å². The molecule has 0 aliphatic carbocycles. The summed E-state index contributed by atoms with van der Waals surface area (Å²) in [6.07, 6.45) is 6.10. The van der Waals surface area contributed by atoms with Crippen LogP contribution in [0.2, 0.25) is 0 Å². The Morgan fingerprint density at radius 3 is 1.85 bits per heavy atom. The van der Waals surface area contributed by atoms with Gasteiger partial charge in [0.25, 0.3) is 0 Å². The Morgan fingerprint density at radius 1 is 0.962 bits per heavy atom. The average Bonchev–Trinajstić information content (AvgIpc) is 2.53. The van der Waals surface area contributed by atoms with Gasteiger partial charge >= 0.3 is 21.1 Å². The number of rotatable bonds is 11. The van der Waals surface area contributed by atoms with E-state index in [-0.39, 0.29) is 51.1 Å². The first-order valence-electron chi connectivity index (χ1n) is 9.51. The first kappa shape index (κ1) is 33.0. The van der Waals surface area contributed by atoms with Crippen LogP contribution in [0.25, 0.3) is 5.73 Å². The molecule has 1 amide bonds. The normalized spacial score (nSPS) is 9.15. The van der Waals surface area contributed by atoms with E-state index < -0.39 is 0 Å². The number of nitrogens with one attached hydrogen (secondary N) is 2. The van der Waals surface area contributed by atoms with Gasteiger partial charge in [0, 0.05) is 18.9 Å². The van der Waals surface area contributed by atoms with Gasteiger partial charge in [-0.3, -0.25) is 9.59 Å². The SMILES string of the molecule is CC.CC(=O)[CH-]CC(=O)NCCCCCCC(=O)C(C)C.CC(C)[NH-].[W+2]. The minimum Gasteiger partial charge on any atom is -0.675 e. The first-order valence-corrected chi connectivity index (χ1v) is 9.51. The minimum atomic E-state index is -0.106. The first-order chi connectivity index (χ1) is 11.7. The molecule has 2 N–H and O–H groups in total. The molecule has 0 aromatic carbocycles. The van der Waals surface area contributed by atoms with Gasteiger partial charge in [0.1, 0.15) is 5.78 Å². The number of hydrogen-bond donors (Lipinski definition) is 1. The molecule has 0 aliphatic rings. The second-order valence-electron chi connectivity index (χ2n) is 6.31. The summed E-state index contributed by atoms with van der Waals surface area (Å²) in [5.74, 6) is 0.278. The molecular weight excluding hydrogens is 500 g/mol. The van der Waals surface area contributed by atoms with Gasteiger partial charge in [-0.2, -0.15) is 0 Å². The van der Waals surface area contributed by atoms with Crippen molar-refractivity contribution in [1.82, 2.24) is 5.32 Å². The van der Waals surface area contributed by atoms with Crippen molar-refractivity contribution in [2.75, 3.05) is 6.54 Å². The molecule has 0 aliphatic heterocycles. The number of hydrogen-bond acceptors (Lipinski definition) is 3. The second kappa shape index (κ2) is 24.3. The van der Waals surface area contributed by atoms with E-state index >= 15 is 0 Å². The third kappa shape index (κ3) is 34.6. The van der Waals surface area contributed by atoms with Crippen molar-refractivity contribution in [3.63, 3.8) is 0 Å². The zero-order valence-electron chi connectivity index (χ0n) is 17.8. The van der Waals surface area contributed by atoms with Gasteiger partial charge in [-0.25, -0.2) is 0 Å². The summed E-state index contributed by atoms with van der Waals surface area (Å²) in [7, 11) is 0. The zero-order valence-corrected chi connectivity index (χ0v) is 20.7. The molecular formula is C20H40N2O3W. The molecule has 0 atom stereocenters. The maximum absolute atomic E-state index is 11.4. The van der Waals surface area contributed by atoms with Crippen molar-refractivity contribution >= 4 is 17.5 Å².